The van der Waals surface area contributed by atoms with Gasteiger partial charge in [0.1, 0.15) is 5.75 Å². The smallest absolute Gasteiger partial charge is 0.410 e. The minimum atomic E-state index is -0.513. The van der Waals surface area contributed by atoms with Gasteiger partial charge < -0.3 is 20.3 Å². The fourth-order valence-electron chi connectivity index (χ4n) is 4.27. The second-order valence-electron chi connectivity index (χ2n) is 10.0. The molecule has 0 atom stereocenters. The number of benzene rings is 1. The van der Waals surface area contributed by atoms with Crippen LogP contribution in [0.3, 0.4) is 0 Å². The number of fused-ring (bicyclic) bond motifs is 1. The van der Waals surface area contributed by atoms with Crippen molar-refractivity contribution in [1.82, 2.24) is 30.0 Å². The van der Waals surface area contributed by atoms with E-state index in [1.165, 1.54) is 19.0 Å². The van der Waals surface area contributed by atoms with Gasteiger partial charge in [-0.3, -0.25) is 9.78 Å². The summed E-state index contributed by atoms with van der Waals surface area (Å²) in [5.74, 6) is 0.493. The number of anilines is 1. The van der Waals surface area contributed by atoms with Gasteiger partial charge in [-0.15, -0.1) is 0 Å². The van der Waals surface area contributed by atoms with Crippen LogP contribution in [0.2, 0.25) is 5.02 Å². The molecule has 0 aliphatic heterocycles. The number of halogens is 1. The van der Waals surface area contributed by atoms with Crippen LogP contribution in [0.4, 0.5) is 10.6 Å². The van der Waals surface area contributed by atoms with E-state index in [0.717, 1.165) is 24.8 Å². The number of aromatic nitrogens is 4. The Bertz CT molecular complexity index is 1460. The summed E-state index contributed by atoms with van der Waals surface area (Å²) in [5, 5.41) is 11.4. The fraction of sp³-hybridized carbons (Fsp3) is 0.367. The minimum Gasteiger partial charge on any atom is -0.410 e. The van der Waals surface area contributed by atoms with Crippen LogP contribution in [-0.4, -0.2) is 63.8 Å². The number of rotatable bonds is 13. The zero-order valence-corrected chi connectivity index (χ0v) is 24.4. The number of hydrogen-bond donors (Lipinski definition) is 2. The quantitative estimate of drug-likeness (QED) is 0.187. The molecular formula is C30H36ClN7O3. The Morgan fingerprint density at radius 3 is 2.56 bits per heavy atom. The normalized spacial score (nSPS) is 11.1. The number of carbonyl (C=O) groups excluding carboxylic acids is 2. The molecule has 0 saturated heterocycles. The minimum absolute atomic E-state index is 0.311. The number of carbonyl (C=O) groups is 2. The summed E-state index contributed by atoms with van der Waals surface area (Å²) in [4.78, 5) is 35.8. The van der Waals surface area contributed by atoms with Crippen LogP contribution in [0.5, 0.6) is 5.75 Å². The van der Waals surface area contributed by atoms with Crippen LogP contribution in [0.25, 0.3) is 22.3 Å². The first-order valence-corrected chi connectivity index (χ1v) is 14.2. The van der Waals surface area contributed by atoms with Gasteiger partial charge in [0.2, 0.25) is 0 Å². The zero-order chi connectivity index (χ0) is 29.2. The predicted molar refractivity (Wildman–Crippen MR) is 162 cm³/mol. The maximum atomic E-state index is 12.9. The Morgan fingerprint density at radius 1 is 1.07 bits per heavy atom. The molecule has 4 aromatic rings. The lowest BCUT2D eigenvalue weighted by Crippen LogP contribution is -2.33. The van der Waals surface area contributed by atoms with Gasteiger partial charge in [-0.2, -0.15) is 5.10 Å². The second kappa shape index (κ2) is 14.6. The SMILES string of the molecule is CCCCCCCn1nc(NC(=O)c2cccnc2)c2cc(Cl)c(-c3ccc(OC(=O)NCCN(C)C)cc3)nc21. The second-order valence-corrected chi connectivity index (χ2v) is 10.4. The first-order chi connectivity index (χ1) is 19.9. The molecule has 2 N–H and O–H groups in total. The Balaban J connectivity index is 1.57. The van der Waals surface area contributed by atoms with Crippen LogP contribution >= 0.6 is 11.6 Å². The van der Waals surface area contributed by atoms with Crippen molar-refractivity contribution in [3.8, 4) is 17.0 Å². The van der Waals surface area contributed by atoms with E-state index >= 15 is 0 Å². The van der Waals surface area contributed by atoms with Gasteiger partial charge >= 0.3 is 6.09 Å². The number of likely N-dealkylation sites (N-methyl/N-ethyl adjacent to an activating group) is 1. The lowest BCUT2D eigenvalue weighted by molar-refractivity contribution is 0.102. The highest BCUT2D eigenvalue weighted by atomic mass is 35.5. The molecule has 4 rings (SSSR count). The van der Waals surface area contributed by atoms with Crippen LogP contribution < -0.4 is 15.4 Å². The van der Waals surface area contributed by atoms with Crippen LogP contribution in [0.1, 0.15) is 49.4 Å². The topological polar surface area (TPSA) is 114 Å². The molecule has 0 radical (unpaired) electrons. The average molecular weight is 578 g/mol. The van der Waals surface area contributed by atoms with Gasteiger partial charge in [0.15, 0.2) is 11.5 Å². The van der Waals surface area contributed by atoms with Crippen molar-refractivity contribution >= 4 is 40.5 Å². The van der Waals surface area contributed by atoms with Crippen molar-refractivity contribution < 1.29 is 14.3 Å². The predicted octanol–water partition coefficient (Wildman–Crippen LogP) is 6.02. The van der Waals surface area contributed by atoms with Crippen LogP contribution in [-0.2, 0) is 6.54 Å². The molecule has 41 heavy (non-hydrogen) atoms. The third-order valence-electron chi connectivity index (χ3n) is 6.47. The number of nitrogens with zero attached hydrogens (tertiary/aromatic N) is 5. The van der Waals surface area contributed by atoms with Gasteiger partial charge in [-0.05, 0) is 63.0 Å². The number of pyridine rings is 2. The highest BCUT2D eigenvalue weighted by Gasteiger charge is 2.19. The molecule has 0 spiro atoms. The van der Waals surface area contributed by atoms with Gasteiger partial charge in [0.05, 0.1) is 21.7 Å². The monoisotopic (exact) mass is 577 g/mol. The molecule has 11 heteroatoms. The van der Waals surface area contributed by atoms with E-state index in [2.05, 4.69) is 22.5 Å². The third-order valence-corrected chi connectivity index (χ3v) is 6.76. The Morgan fingerprint density at radius 2 is 1.85 bits per heavy atom. The largest absolute Gasteiger partial charge is 0.412 e. The van der Waals surface area contributed by atoms with E-state index in [9.17, 15) is 9.59 Å². The van der Waals surface area contributed by atoms with E-state index in [1.807, 2.05) is 23.7 Å². The molecule has 0 saturated carbocycles. The maximum Gasteiger partial charge on any atom is 0.412 e. The van der Waals surface area contributed by atoms with E-state index < -0.39 is 6.09 Å². The number of ether oxygens (including phenoxy) is 1. The lowest BCUT2D eigenvalue weighted by atomic mass is 10.1. The zero-order valence-electron chi connectivity index (χ0n) is 23.7. The van der Waals surface area contributed by atoms with E-state index in [1.54, 1.807) is 48.7 Å². The number of hydrogen-bond acceptors (Lipinski definition) is 7. The lowest BCUT2D eigenvalue weighted by Gasteiger charge is -2.11. The molecule has 2 amide bonds. The van der Waals surface area contributed by atoms with Crippen molar-refractivity contribution in [2.24, 2.45) is 0 Å². The summed E-state index contributed by atoms with van der Waals surface area (Å²) in [6.45, 7) is 4.05. The summed E-state index contributed by atoms with van der Waals surface area (Å²) in [6.07, 6.45) is 8.16. The highest BCUT2D eigenvalue weighted by Crippen LogP contribution is 2.33. The van der Waals surface area contributed by atoms with E-state index in [0.29, 0.717) is 58.5 Å². The highest BCUT2D eigenvalue weighted by molar-refractivity contribution is 6.34. The fourth-order valence-corrected chi connectivity index (χ4v) is 4.53. The first kappa shape index (κ1) is 30.0. The summed E-state index contributed by atoms with van der Waals surface area (Å²) in [7, 11) is 3.87. The maximum absolute atomic E-state index is 12.9. The molecular weight excluding hydrogens is 542 g/mol. The molecule has 3 aromatic heterocycles. The molecule has 10 nitrogen and oxygen atoms in total. The number of unbranched alkanes of at least 4 members (excludes halogenated alkanes) is 4. The number of aryl methyl sites for hydroxylation is 1. The van der Waals surface area contributed by atoms with Gasteiger partial charge in [-0.25, -0.2) is 14.5 Å². The molecule has 0 aliphatic carbocycles. The van der Waals surface area contributed by atoms with E-state index in [4.69, 9.17) is 26.4 Å². The van der Waals surface area contributed by atoms with Crippen molar-refractivity contribution in [2.45, 2.75) is 45.6 Å². The summed E-state index contributed by atoms with van der Waals surface area (Å²) in [6, 6.07) is 12.2. The van der Waals surface area contributed by atoms with Crippen molar-refractivity contribution in [2.75, 3.05) is 32.5 Å². The molecule has 3 heterocycles. The third kappa shape index (κ3) is 8.25. The van der Waals surface area contributed by atoms with Gasteiger partial charge in [0, 0.05) is 37.6 Å². The molecule has 1 aromatic carbocycles. The van der Waals surface area contributed by atoms with Crippen molar-refractivity contribution in [3.63, 3.8) is 0 Å². The molecule has 0 unspecified atom stereocenters. The first-order valence-electron chi connectivity index (χ1n) is 13.8. The van der Waals surface area contributed by atoms with Crippen molar-refractivity contribution in [3.05, 3.63) is 65.4 Å². The van der Waals surface area contributed by atoms with Gasteiger partial charge in [0.25, 0.3) is 5.91 Å². The number of nitrogens with one attached hydrogen (secondary N) is 2. The van der Waals surface area contributed by atoms with Crippen LogP contribution in [0, 0.1) is 0 Å². The standard InChI is InChI=1S/C30H36ClN7O3/c1-4-5-6-7-8-17-38-28-24(27(36-38)35-29(39)22-10-9-15-32-20-22)19-25(31)26(34-28)21-11-13-23(14-12-21)41-30(40)33-16-18-37(2)3/h9-15,19-20H,4-8,16-18H2,1-3H3,(H,33,40)(H,35,36,39). The summed E-state index contributed by atoms with van der Waals surface area (Å²) >= 11 is 6.72. The molecule has 0 aliphatic rings. The van der Waals surface area contributed by atoms with Crippen LogP contribution in [0.15, 0.2) is 54.9 Å². The molecule has 0 bridgehead atoms. The van der Waals surface area contributed by atoms with E-state index in [-0.39, 0.29) is 5.91 Å². The Hall–Kier alpha value is -4.02. The number of amides is 2. The average Bonchev–Trinajstić information content (AvgIpc) is 3.28. The molecule has 0 fully saturated rings. The molecule has 216 valence electrons. The van der Waals surface area contributed by atoms with Gasteiger partial charge in [-0.1, -0.05) is 44.2 Å². The van der Waals surface area contributed by atoms with Crippen molar-refractivity contribution in [1.29, 1.82) is 0 Å². The Kier molecular flexibility index (Phi) is 10.6. The Labute approximate surface area is 245 Å². The summed E-state index contributed by atoms with van der Waals surface area (Å²) < 4.78 is 7.20. The summed E-state index contributed by atoms with van der Waals surface area (Å²) in [5.41, 5.74) is 2.38.